The van der Waals surface area contributed by atoms with Gasteiger partial charge >= 0.3 is 0 Å². The molecule has 0 saturated heterocycles. The van der Waals surface area contributed by atoms with E-state index in [1.165, 1.54) is 0 Å². The summed E-state index contributed by atoms with van der Waals surface area (Å²) in [6, 6.07) is 1.99. The van der Waals surface area contributed by atoms with E-state index in [9.17, 15) is 0 Å². The molecule has 0 amide bonds. The van der Waals surface area contributed by atoms with E-state index < -0.39 is 0 Å². The zero-order valence-corrected chi connectivity index (χ0v) is 12.7. The Balaban J connectivity index is 2.12. The first-order valence-electron chi connectivity index (χ1n) is 6.35. The van der Waals surface area contributed by atoms with E-state index in [-0.39, 0.29) is 0 Å². The molecule has 0 spiro atoms. The Bertz CT molecular complexity index is 634. The van der Waals surface area contributed by atoms with E-state index in [1.54, 1.807) is 6.20 Å². The number of rotatable bonds is 5. The molecule has 0 aliphatic heterocycles. The lowest BCUT2D eigenvalue weighted by atomic mass is 10.1. The molecule has 0 radical (unpaired) electrons. The number of nitrogens with two attached hydrogens (primary N) is 1. The molecule has 0 fully saturated rings. The normalized spacial score (nSPS) is 10.6. The molecule has 7 heteroatoms. The number of hydrogen-bond donors (Lipinski definition) is 2. The smallest absolute Gasteiger partial charge is 0.159 e. The molecule has 106 valence electrons. The second-order valence-corrected chi connectivity index (χ2v) is 5.06. The number of aromatic nitrogens is 4. The van der Waals surface area contributed by atoms with Crippen LogP contribution in [-0.2, 0) is 13.5 Å². The van der Waals surface area contributed by atoms with Crippen molar-refractivity contribution in [3.05, 3.63) is 34.8 Å². The van der Waals surface area contributed by atoms with E-state index in [0.29, 0.717) is 17.4 Å². The molecule has 0 saturated carbocycles. The molecule has 0 aromatic carbocycles. The molecular formula is C13H18N6S. The molecule has 0 aliphatic carbocycles. The third-order valence-electron chi connectivity index (χ3n) is 3.30. The Labute approximate surface area is 123 Å². The molecule has 0 atom stereocenters. The molecule has 2 heterocycles. The second-order valence-electron chi connectivity index (χ2n) is 4.62. The van der Waals surface area contributed by atoms with Crippen LogP contribution in [0.2, 0.25) is 0 Å². The van der Waals surface area contributed by atoms with Crippen molar-refractivity contribution >= 4 is 23.0 Å². The maximum Gasteiger partial charge on any atom is 0.159 e. The van der Waals surface area contributed by atoms with Crippen molar-refractivity contribution in [2.24, 2.45) is 12.8 Å². The molecule has 2 rings (SSSR count). The van der Waals surface area contributed by atoms with Crippen LogP contribution in [0.15, 0.2) is 12.3 Å². The topological polar surface area (TPSA) is 81.7 Å². The standard InChI is InChI=1S/C13H18N6S/c1-8-9(2)17-18-13(11(8)12(14)20)15-6-4-10-5-7-16-19(10)3/h5,7H,4,6H2,1-3H3,(H2,14,20)(H,15,18). The van der Waals surface area contributed by atoms with Gasteiger partial charge in [-0.05, 0) is 25.5 Å². The van der Waals surface area contributed by atoms with Crippen LogP contribution in [0, 0.1) is 13.8 Å². The highest BCUT2D eigenvalue weighted by atomic mass is 32.1. The van der Waals surface area contributed by atoms with Crippen LogP contribution in [0.1, 0.15) is 22.5 Å². The molecule has 6 nitrogen and oxygen atoms in total. The summed E-state index contributed by atoms with van der Waals surface area (Å²) in [5, 5.41) is 15.6. The van der Waals surface area contributed by atoms with Gasteiger partial charge in [0, 0.05) is 31.9 Å². The zero-order valence-electron chi connectivity index (χ0n) is 11.8. The Morgan fingerprint density at radius 2 is 2.15 bits per heavy atom. The molecule has 2 aromatic heterocycles. The van der Waals surface area contributed by atoms with Crippen LogP contribution in [0.5, 0.6) is 0 Å². The summed E-state index contributed by atoms with van der Waals surface area (Å²) in [5.41, 5.74) is 9.51. The number of nitrogens with zero attached hydrogens (tertiary/aromatic N) is 4. The average molecular weight is 290 g/mol. The van der Waals surface area contributed by atoms with Crippen molar-refractivity contribution in [1.82, 2.24) is 20.0 Å². The molecule has 0 unspecified atom stereocenters. The van der Waals surface area contributed by atoms with Crippen molar-refractivity contribution < 1.29 is 0 Å². The van der Waals surface area contributed by atoms with Gasteiger partial charge in [-0.1, -0.05) is 12.2 Å². The van der Waals surface area contributed by atoms with E-state index in [1.807, 2.05) is 31.6 Å². The summed E-state index contributed by atoms with van der Waals surface area (Å²) in [5.74, 6) is 0.641. The first-order valence-corrected chi connectivity index (χ1v) is 6.76. The fourth-order valence-electron chi connectivity index (χ4n) is 1.99. The Morgan fingerprint density at radius 3 is 2.75 bits per heavy atom. The summed E-state index contributed by atoms with van der Waals surface area (Å²) in [6.45, 7) is 4.56. The number of hydrogen-bond acceptors (Lipinski definition) is 5. The molecule has 2 aromatic rings. The van der Waals surface area contributed by atoms with Gasteiger partial charge in [0.1, 0.15) is 4.99 Å². The van der Waals surface area contributed by atoms with Gasteiger partial charge in [-0.25, -0.2) is 0 Å². The largest absolute Gasteiger partial charge is 0.389 e. The number of nitrogens with one attached hydrogen (secondary N) is 1. The molecule has 0 aliphatic rings. The highest BCUT2D eigenvalue weighted by molar-refractivity contribution is 7.80. The van der Waals surface area contributed by atoms with Gasteiger partial charge in [0.05, 0.1) is 11.3 Å². The van der Waals surface area contributed by atoms with Gasteiger partial charge in [0.15, 0.2) is 5.82 Å². The van der Waals surface area contributed by atoms with Crippen molar-refractivity contribution in [2.75, 3.05) is 11.9 Å². The van der Waals surface area contributed by atoms with Gasteiger partial charge < -0.3 is 11.1 Å². The SMILES string of the molecule is Cc1nnc(NCCc2ccnn2C)c(C(N)=S)c1C. The van der Waals surface area contributed by atoms with Gasteiger partial charge in [-0.3, -0.25) is 4.68 Å². The maximum atomic E-state index is 5.78. The van der Waals surface area contributed by atoms with Crippen molar-refractivity contribution in [3.63, 3.8) is 0 Å². The first kappa shape index (κ1) is 14.4. The highest BCUT2D eigenvalue weighted by Gasteiger charge is 2.13. The molecule has 0 bridgehead atoms. The fraction of sp³-hybridized carbons (Fsp3) is 0.385. The number of aryl methyl sites for hydroxylation is 2. The minimum absolute atomic E-state index is 0.337. The van der Waals surface area contributed by atoms with Gasteiger partial charge in [0.25, 0.3) is 0 Å². The van der Waals surface area contributed by atoms with E-state index in [4.69, 9.17) is 18.0 Å². The summed E-state index contributed by atoms with van der Waals surface area (Å²) < 4.78 is 1.85. The minimum atomic E-state index is 0.337. The van der Waals surface area contributed by atoms with E-state index >= 15 is 0 Å². The summed E-state index contributed by atoms with van der Waals surface area (Å²) >= 11 is 5.10. The lowest BCUT2D eigenvalue weighted by molar-refractivity contribution is 0.710. The van der Waals surface area contributed by atoms with Crippen molar-refractivity contribution in [1.29, 1.82) is 0 Å². The lowest BCUT2D eigenvalue weighted by Crippen LogP contribution is -2.19. The summed E-state index contributed by atoms with van der Waals surface area (Å²) in [4.78, 5) is 0.337. The van der Waals surface area contributed by atoms with Crippen LogP contribution >= 0.6 is 12.2 Å². The van der Waals surface area contributed by atoms with Crippen molar-refractivity contribution in [3.8, 4) is 0 Å². The van der Waals surface area contributed by atoms with Crippen LogP contribution in [0.3, 0.4) is 0 Å². The van der Waals surface area contributed by atoms with Crippen LogP contribution in [0.4, 0.5) is 5.82 Å². The third kappa shape index (κ3) is 2.93. The van der Waals surface area contributed by atoms with E-state index in [2.05, 4.69) is 20.6 Å². The lowest BCUT2D eigenvalue weighted by Gasteiger charge is -2.13. The molecular weight excluding hydrogens is 272 g/mol. The quantitative estimate of drug-likeness (QED) is 0.803. The van der Waals surface area contributed by atoms with Gasteiger partial charge in [-0.15, -0.1) is 5.10 Å². The average Bonchev–Trinajstić information content (AvgIpc) is 2.79. The first-order chi connectivity index (χ1) is 9.50. The minimum Gasteiger partial charge on any atom is -0.389 e. The van der Waals surface area contributed by atoms with E-state index in [0.717, 1.165) is 28.9 Å². The van der Waals surface area contributed by atoms with Gasteiger partial charge in [-0.2, -0.15) is 10.2 Å². The molecule has 20 heavy (non-hydrogen) atoms. The highest BCUT2D eigenvalue weighted by Crippen LogP contribution is 2.18. The summed E-state index contributed by atoms with van der Waals surface area (Å²) in [7, 11) is 1.92. The fourth-order valence-corrected chi connectivity index (χ4v) is 2.24. The molecule has 3 N–H and O–H groups in total. The van der Waals surface area contributed by atoms with Crippen LogP contribution in [0.25, 0.3) is 0 Å². The third-order valence-corrected chi connectivity index (χ3v) is 3.50. The Hall–Kier alpha value is -2.02. The van der Waals surface area contributed by atoms with Crippen LogP contribution in [-0.4, -0.2) is 31.5 Å². The predicted molar refractivity (Wildman–Crippen MR) is 82.8 cm³/mol. The van der Waals surface area contributed by atoms with Crippen LogP contribution < -0.4 is 11.1 Å². The predicted octanol–water partition coefficient (Wildman–Crippen LogP) is 1.12. The number of thiocarbonyl (C=S) groups is 1. The van der Waals surface area contributed by atoms with Gasteiger partial charge in [0.2, 0.25) is 0 Å². The summed E-state index contributed by atoms with van der Waals surface area (Å²) in [6.07, 6.45) is 2.62. The number of anilines is 1. The Morgan fingerprint density at radius 1 is 1.40 bits per heavy atom. The maximum absolute atomic E-state index is 5.78. The zero-order chi connectivity index (χ0) is 14.7. The Kier molecular flexibility index (Phi) is 4.29. The monoisotopic (exact) mass is 290 g/mol. The van der Waals surface area contributed by atoms with Crippen molar-refractivity contribution in [2.45, 2.75) is 20.3 Å². The second kappa shape index (κ2) is 5.96.